The van der Waals surface area contributed by atoms with Crippen molar-refractivity contribution in [1.29, 1.82) is 0 Å². The van der Waals surface area contributed by atoms with Gasteiger partial charge in [-0.25, -0.2) is 9.78 Å². The summed E-state index contributed by atoms with van der Waals surface area (Å²) >= 11 is 2.82. The Hall–Kier alpha value is -1.68. The van der Waals surface area contributed by atoms with Crippen molar-refractivity contribution in [2.75, 3.05) is 6.54 Å². The fourth-order valence-corrected chi connectivity index (χ4v) is 6.41. The van der Waals surface area contributed by atoms with Gasteiger partial charge in [0.2, 0.25) is 5.91 Å². The van der Waals surface area contributed by atoms with Gasteiger partial charge < -0.3 is 20.4 Å². The zero-order valence-corrected chi connectivity index (χ0v) is 17.5. The van der Waals surface area contributed by atoms with Crippen LogP contribution in [0.5, 0.6) is 0 Å². The van der Waals surface area contributed by atoms with Crippen molar-refractivity contribution < 1.29 is 19.8 Å². The van der Waals surface area contributed by atoms with Gasteiger partial charge in [0.25, 0.3) is 0 Å². The van der Waals surface area contributed by atoms with Crippen LogP contribution in [0.1, 0.15) is 32.9 Å². The molecule has 0 spiro atoms. The molecule has 28 heavy (non-hydrogen) atoms. The molecular formula is C19H23N3O4S2. The summed E-state index contributed by atoms with van der Waals surface area (Å²) in [6, 6.07) is 0.0121. The second kappa shape index (κ2) is 7.29. The number of hydrogen-bond donors (Lipinski definition) is 3. The molecule has 0 radical (unpaired) electrons. The number of thioether (sulfide) groups is 1. The molecule has 0 saturated carbocycles. The van der Waals surface area contributed by atoms with Crippen molar-refractivity contribution in [3.8, 4) is 0 Å². The lowest BCUT2D eigenvalue weighted by Gasteiger charge is -2.46. The smallest absolute Gasteiger partial charge is 0.353 e. The molecule has 0 bridgehead atoms. The molecule has 150 valence electrons. The second-order valence-corrected chi connectivity index (χ2v) is 9.70. The SMILES string of the molecule is C[C@@H]1C=C(c2csc(SC3=C(C(=O)O)N4C(=O)[C@H]([C@@H](C)O)[C@H]4[C@H]3C)n2)CCN1. The lowest BCUT2D eigenvalue weighted by molar-refractivity contribution is -0.163. The Labute approximate surface area is 171 Å². The van der Waals surface area contributed by atoms with Crippen LogP contribution in [0.4, 0.5) is 0 Å². The third-order valence-corrected chi connectivity index (χ3v) is 7.86. The number of aliphatic hydroxyl groups excluding tert-OH is 1. The molecule has 1 aromatic heterocycles. The molecule has 3 aliphatic rings. The van der Waals surface area contributed by atoms with E-state index in [0.29, 0.717) is 10.9 Å². The number of carboxylic acid groups (broad SMARTS) is 1. The molecule has 9 heteroatoms. The number of carbonyl (C=O) groups excluding carboxylic acids is 1. The van der Waals surface area contributed by atoms with Crippen LogP contribution < -0.4 is 5.32 Å². The van der Waals surface area contributed by atoms with Gasteiger partial charge in [-0.05, 0) is 32.4 Å². The third kappa shape index (κ3) is 3.10. The van der Waals surface area contributed by atoms with Crippen LogP contribution in [0.3, 0.4) is 0 Å². The standard InChI is InChI=1S/C19H23N3O4S2/c1-8-6-11(4-5-20-8)12-7-27-19(21-12)28-16-9(2)14-13(10(3)23)17(24)22(14)15(16)18(25)26/h6-10,13-14,20,23H,4-5H2,1-3H3,(H,25,26)/t8-,9-,10-,13-,14-/m1/s1. The summed E-state index contributed by atoms with van der Waals surface area (Å²) in [6.45, 7) is 6.52. The lowest BCUT2D eigenvalue weighted by atomic mass is 9.79. The predicted molar refractivity (Wildman–Crippen MR) is 108 cm³/mol. The molecule has 4 rings (SSSR count). The number of aromatic nitrogens is 1. The Balaban J connectivity index is 1.61. The van der Waals surface area contributed by atoms with Crippen LogP contribution in [-0.4, -0.2) is 56.7 Å². The van der Waals surface area contributed by atoms with Gasteiger partial charge >= 0.3 is 5.97 Å². The molecular weight excluding hydrogens is 398 g/mol. The summed E-state index contributed by atoms with van der Waals surface area (Å²) in [6.07, 6.45) is 2.29. The molecule has 0 aliphatic carbocycles. The van der Waals surface area contributed by atoms with Crippen molar-refractivity contribution in [2.45, 2.75) is 49.7 Å². The number of aliphatic carboxylic acids is 1. The Morgan fingerprint density at radius 3 is 2.86 bits per heavy atom. The number of rotatable bonds is 5. The van der Waals surface area contributed by atoms with Crippen molar-refractivity contribution >= 4 is 40.5 Å². The molecule has 3 aliphatic heterocycles. The number of fused-ring (bicyclic) bond motifs is 1. The zero-order valence-electron chi connectivity index (χ0n) is 15.9. The molecule has 5 atom stereocenters. The van der Waals surface area contributed by atoms with Gasteiger partial charge in [0.05, 0.1) is 23.8 Å². The maximum atomic E-state index is 12.4. The van der Waals surface area contributed by atoms with E-state index in [2.05, 4.69) is 18.3 Å². The van der Waals surface area contributed by atoms with Crippen molar-refractivity contribution in [3.05, 3.63) is 27.8 Å². The van der Waals surface area contributed by atoms with Gasteiger partial charge in [0, 0.05) is 22.2 Å². The van der Waals surface area contributed by atoms with E-state index in [4.69, 9.17) is 4.98 Å². The molecule has 1 amide bonds. The molecule has 4 heterocycles. The van der Waals surface area contributed by atoms with Crippen molar-refractivity contribution in [3.63, 3.8) is 0 Å². The number of nitrogens with zero attached hydrogens (tertiary/aromatic N) is 2. The highest BCUT2D eigenvalue weighted by Crippen LogP contribution is 2.52. The first kappa shape index (κ1) is 19.6. The van der Waals surface area contributed by atoms with Crippen LogP contribution in [-0.2, 0) is 9.59 Å². The van der Waals surface area contributed by atoms with Crippen LogP contribution in [0.25, 0.3) is 5.57 Å². The van der Waals surface area contributed by atoms with E-state index >= 15 is 0 Å². The van der Waals surface area contributed by atoms with Crippen molar-refractivity contribution in [2.24, 2.45) is 11.8 Å². The average Bonchev–Trinajstić information content (AvgIpc) is 3.18. The molecule has 1 fully saturated rings. The molecule has 3 N–H and O–H groups in total. The third-order valence-electron chi connectivity index (χ3n) is 5.63. The highest BCUT2D eigenvalue weighted by Gasteiger charge is 2.60. The van der Waals surface area contributed by atoms with Gasteiger partial charge in [-0.1, -0.05) is 24.8 Å². The predicted octanol–water partition coefficient (Wildman–Crippen LogP) is 2.15. The minimum Gasteiger partial charge on any atom is -0.477 e. The van der Waals surface area contributed by atoms with Crippen LogP contribution in [0.15, 0.2) is 26.4 Å². The fraction of sp³-hybridized carbons (Fsp3) is 0.526. The van der Waals surface area contributed by atoms with E-state index in [1.165, 1.54) is 33.6 Å². The number of amides is 1. The van der Waals surface area contributed by atoms with Gasteiger partial charge in [0.1, 0.15) is 5.70 Å². The first-order valence-corrected chi connectivity index (χ1v) is 11.1. The van der Waals surface area contributed by atoms with Gasteiger partial charge in [-0.3, -0.25) is 4.79 Å². The van der Waals surface area contributed by atoms with Gasteiger partial charge in [0.15, 0.2) is 4.34 Å². The monoisotopic (exact) mass is 421 g/mol. The summed E-state index contributed by atoms with van der Waals surface area (Å²) in [5.74, 6) is -2.12. The van der Waals surface area contributed by atoms with Gasteiger partial charge in [-0.15, -0.1) is 11.3 Å². The number of β-lactam (4-membered cyclic amide) rings is 1. The summed E-state index contributed by atoms with van der Waals surface area (Å²) in [7, 11) is 0. The molecule has 7 nitrogen and oxygen atoms in total. The normalized spacial score (nSPS) is 30.8. The Kier molecular flexibility index (Phi) is 5.11. The number of carboxylic acids is 1. The van der Waals surface area contributed by atoms with Crippen LogP contribution in [0, 0.1) is 11.8 Å². The summed E-state index contributed by atoms with van der Waals surface area (Å²) in [5.41, 5.74) is 2.18. The van der Waals surface area contributed by atoms with Crippen LogP contribution in [0.2, 0.25) is 0 Å². The maximum absolute atomic E-state index is 12.4. The quantitative estimate of drug-likeness (QED) is 0.626. The van der Waals surface area contributed by atoms with E-state index in [0.717, 1.165) is 23.0 Å². The Morgan fingerprint density at radius 1 is 1.46 bits per heavy atom. The number of hydrogen-bond acceptors (Lipinski definition) is 7. The summed E-state index contributed by atoms with van der Waals surface area (Å²) < 4.78 is 0.770. The highest BCUT2D eigenvalue weighted by molar-refractivity contribution is 8.04. The highest BCUT2D eigenvalue weighted by atomic mass is 32.2. The maximum Gasteiger partial charge on any atom is 0.353 e. The average molecular weight is 422 g/mol. The first-order valence-electron chi connectivity index (χ1n) is 9.36. The summed E-state index contributed by atoms with van der Waals surface area (Å²) in [5, 5.41) is 25.0. The topological polar surface area (TPSA) is 103 Å². The zero-order chi connectivity index (χ0) is 20.2. The lowest BCUT2D eigenvalue weighted by Crippen LogP contribution is -2.63. The van der Waals surface area contributed by atoms with E-state index in [9.17, 15) is 19.8 Å². The Bertz CT molecular complexity index is 891. The molecule has 0 aromatic carbocycles. The fourth-order valence-electron chi connectivity index (χ4n) is 4.29. The number of carbonyl (C=O) groups is 2. The van der Waals surface area contributed by atoms with Crippen molar-refractivity contribution in [1.82, 2.24) is 15.2 Å². The first-order chi connectivity index (χ1) is 13.3. The molecule has 1 aromatic rings. The Morgan fingerprint density at radius 2 is 2.21 bits per heavy atom. The van der Waals surface area contributed by atoms with E-state index < -0.39 is 18.0 Å². The summed E-state index contributed by atoms with van der Waals surface area (Å²) in [4.78, 5) is 31.0. The van der Waals surface area contributed by atoms with E-state index in [-0.39, 0.29) is 23.6 Å². The van der Waals surface area contributed by atoms with Gasteiger partial charge in [-0.2, -0.15) is 0 Å². The largest absolute Gasteiger partial charge is 0.477 e. The second-order valence-electron chi connectivity index (χ2n) is 7.56. The number of aliphatic hydroxyl groups is 1. The minimum atomic E-state index is -1.11. The number of nitrogens with one attached hydrogen (secondary N) is 1. The van der Waals surface area contributed by atoms with Crippen LogP contribution >= 0.6 is 23.1 Å². The number of thiazole rings is 1. The molecule has 0 unspecified atom stereocenters. The van der Waals surface area contributed by atoms with E-state index in [1.807, 2.05) is 12.3 Å². The molecule has 1 saturated heterocycles. The minimum absolute atomic E-state index is 0.0378. The van der Waals surface area contributed by atoms with E-state index in [1.54, 1.807) is 6.92 Å².